The first-order valence-electron chi connectivity index (χ1n) is 6.37. The summed E-state index contributed by atoms with van der Waals surface area (Å²) in [5, 5.41) is 1.84. The van der Waals surface area contributed by atoms with E-state index in [1.165, 1.54) is 0 Å². The van der Waals surface area contributed by atoms with Crippen LogP contribution in [0.15, 0.2) is 60.7 Å². The number of rotatable bonds is 3. The summed E-state index contributed by atoms with van der Waals surface area (Å²) in [6.07, 6.45) is 0.987. The molecule has 1 heterocycles. The minimum atomic E-state index is -0.136. The van der Waals surface area contributed by atoms with Crippen LogP contribution in [0.5, 0.6) is 0 Å². The molecule has 2 unspecified atom stereocenters. The molecule has 2 aromatic rings. The Balaban J connectivity index is 1.98. The standard InChI is InChI=1S/C16H15NO2/c18-11-14-12-19-17(15-9-5-2-6-10-15)16(14)13-7-3-1-4-8-13/h1-11,14,16H,12H2. The van der Waals surface area contributed by atoms with E-state index in [9.17, 15) is 4.79 Å². The minimum Gasteiger partial charge on any atom is -0.303 e. The molecular formula is C16H15NO2. The van der Waals surface area contributed by atoms with Gasteiger partial charge in [-0.2, -0.15) is 0 Å². The summed E-state index contributed by atoms with van der Waals surface area (Å²) in [5.41, 5.74) is 2.07. The van der Waals surface area contributed by atoms with E-state index >= 15 is 0 Å². The predicted molar refractivity (Wildman–Crippen MR) is 73.6 cm³/mol. The SMILES string of the molecule is O=CC1CON(c2ccccc2)C1c1ccccc1. The van der Waals surface area contributed by atoms with Gasteiger partial charge in [0.2, 0.25) is 0 Å². The number of carbonyl (C=O) groups excluding carboxylic acids is 1. The van der Waals surface area contributed by atoms with Crippen molar-refractivity contribution in [2.45, 2.75) is 6.04 Å². The molecule has 1 fully saturated rings. The van der Waals surface area contributed by atoms with Gasteiger partial charge in [-0.15, -0.1) is 0 Å². The lowest BCUT2D eigenvalue weighted by Crippen LogP contribution is -2.24. The largest absolute Gasteiger partial charge is 0.303 e. The van der Waals surface area contributed by atoms with Crippen LogP contribution in [0, 0.1) is 5.92 Å². The average Bonchev–Trinajstić information content (AvgIpc) is 2.93. The highest BCUT2D eigenvalue weighted by Crippen LogP contribution is 2.37. The Labute approximate surface area is 112 Å². The van der Waals surface area contributed by atoms with E-state index in [1.54, 1.807) is 0 Å². The van der Waals surface area contributed by atoms with Crippen LogP contribution in [-0.4, -0.2) is 12.9 Å². The van der Waals surface area contributed by atoms with E-state index in [2.05, 4.69) is 0 Å². The van der Waals surface area contributed by atoms with Crippen molar-refractivity contribution < 1.29 is 9.63 Å². The fourth-order valence-corrected chi connectivity index (χ4v) is 2.47. The van der Waals surface area contributed by atoms with Crippen molar-refractivity contribution in [3.8, 4) is 0 Å². The van der Waals surface area contributed by atoms with Gasteiger partial charge >= 0.3 is 0 Å². The van der Waals surface area contributed by atoms with E-state index in [1.807, 2.05) is 65.7 Å². The molecule has 0 saturated carbocycles. The second-order valence-electron chi connectivity index (χ2n) is 4.61. The van der Waals surface area contributed by atoms with E-state index < -0.39 is 0 Å². The topological polar surface area (TPSA) is 29.5 Å². The van der Waals surface area contributed by atoms with E-state index in [-0.39, 0.29) is 12.0 Å². The second kappa shape index (κ2) is 5.24. The summed E-state index contributed by atoms with van der Waals surface area (Å²) in [6, 6.07) is 19.8. The fourth-order valence-electron chi connectivity index (χ4n) is 2.47. The summed E-state index contributed by atoms with van der Waals surface area (Å²) < 4.78 is 0. The Morgan fingerprint density at radius 2 is 1.63 bits per heavy atom. The average molecular weight is 253 g/mol. The molecule has 0 aromatic heterocycles. The zero-order valence-corrected chi connectivity index (χ0v) is 10.5. The zero-order chi connectivity index (χ0) is 13.1. The van der Waals surface area contributed by atoms with Gasteiger partial charge in [0.1, 0.15) is 6.29 Å². The van der Waals surface area contributed by atoms with Crippen molar-refractivity contribution in [3.05, 3.63) is 66.2 Å². The van der Waals surface area contributed by atoms with Crippen LogP contribution >= 0.6 is 0 Å². The number of anilines is 1. The number of hydrogen-bond donors (Lipinski definition) is 0. The summed E-state index contributed by atoms with van der Waals surface area (Å²) in [7, 11) is 0. The van der Waals surface area contributed by atoms with Crippen molar-refractivity contribution in [3.63, 3.8) is 0 Å². The molecule has 0 N–H and O–H groups in total. The number of benzene rings is 2. The van der Waals surface area contributed by atoms with Crippen LogP contribution in [0.3, 0.4) is 0 Å². The molecule has 3 rings (SSSR count). The van der Waals surface area contributed by atoms with Gasteiger partial charge in [-0.1, -0.05) is 48.5 Å². The smallest absolute Gasteiger partial charge is 0.128 e. The van der Waals surface area contributed by atoms with Crippen molar-refractivity contribution >= 4 is 12.0 Å². The first kappa shape index (κ1) is 11.9. The molecule has 0 radical (unpaired) electrons. The van der Waals surface area contributed by atoms with Gasteiger partial charge in [0.25, 0.3) is 0 Å². The van der Waals surface area contributed by atoms with Gasteiger partial charge in [0.05, 0.1) is 24.3 Å². The lowest BCUT2D eigenvalue weighted by atomic mass is 9.95. The molecule has 1 saturated heterocycles. The highest BCUT2D eigenvalue weighted by atomic mass is 16.7. The quantitative estimate of drug-likeness (QED) is 0.787. The molecule has 1 aliphatic heterocycles. The summed E-state index contributed by atoms with van der Waals surface area (Å²) in [4.78, 5) is 17.0. The minimum absolute atomic E-state index is 0.0545. The summed E-state index contributed by atoms with van der Waals surface area (Å²) in [5.74, 6) is -0.136. The normalized spacial score (nSPS) is 22.4. The third-order valence-electron chi connectivity index (χ3n) is 3.39. The Morgan fingerprint density at radius 1 is 1.00 bits per heavy atom. The van der Waals surface area contributed by atoms with Gasteiger partial charge < -0.3 is 4.79 Å². The molecule has 3 heteroatoms. The van der Waals surface area contributed by atoms with Crippen LogP contribution < -0.4 is 5.06 Å². The predicted octanol–water partition coefficient (Wildman–Crippen LogP) is 2.99. The number of para-hydroxylation sites is 1. The molecule has 0 spiro atoms. The highest BCUT2D eigenvalue weighted by Gasteiger charge is 2.36. The number of nitrogens with zero attached hydrogens (tertiary/aromatic N) is 1. The van der Waals surface area contributed by atoms with E-state index in [0.29, 0.717) is 6.61 Å². The van der Waals surface area contributed by atoms with Crippen molar-refractivity contribution in [1.82, 2.24) is 0 Å². The van der Waals surface area contributed by atoms with E-state index in [4.69, 9.17) is 4.84 Å². The summed E-state index contributed by atoms with van der Waals surface area (Å²) >= 11 is 0. The summed E-state index contributed by atoms with van der Waals surface area (Å²) in [6.45, 7) is 0.429. The Hall–Kier alpha value is -2.13. The van der Waals surface area contributed by atoms with Gasteiger partial charge in [0.15, 0.2) is 0 Å². The first-order valence-corrected chi connectivity index (χ1v) is 6.37. The number of hydrogen-bond acceptors (Lipinski definition) is 3. The van der Waals surface area contributed by atoms with Crippen LogP contribution in [0.4, 0.5) is 5.69 Å². The van der Waals surface area contributed by atoms with Gasteiger partial charge in [-0.25, -0.2) is 5.06 Å². The molecule has 0 amide bonds. The zero-order valence-electron chi connectivity index (χ0n) is 10.5. The van der Waals surface area contributed by atoms with Crippen LogP contribution in [0.1, 0.15) is 11.6 Å². The third-order valence-corrected chi connectivity index (χ3v) is 3.39. The second-order valence-corrected chi connectivity index (χ2v) is 4.61. The Kier molecular flexibility index (Phi) is 3.29. The number of carbonyl (C=O) groups is 1. The maximum absolute atomic E-state index is 11.3. The lowest BCUT2D eigenvalue weighted by Gasteiger charge is -2.26. The maximum Gasteiger partial charge on any atom is 0.128 e. The number of hydroxylamine groups is 1. The van der Waals surface area contributed by atoms with Crippen LogP contribution in [-0.2, 0) is 9.63 Å². The third kappa shape index (κ3) is 2.25. The van der Waals surface area contributed by atoms with Gasteiger partial charge in [-0.05, 0) is 17.7 Å². The van der Waals surface area contributed by atoms with E-state index in [0.717, 1.165) is 17.5 Å². The maximum atomic E-state index is 11.3. The highest BCUT2D eigenvalue weighted by molar-refractivity contribution is 5.60. The van der Waals surface area contributed by atoms with Gasteiger partial charge in [0, 0.05) is 0 Å². The van der Waals surface area contributed by atoms with Crippen LogP contribution in [0.2, 0.25) is 0 Å². The van der Waals surface area contributed by atoms with Crippen LogP contribution in [0.25, 0.3) is 0 Å². The molecule has 0 aliphatic carbocycles. The lowest BCUT2D eigenvalue weighted by molar-refractivity contribution is -0.111. The molecule has 19 heavy (non-hydrogen) atoms. The number of aldehydes is 1. The molecule has 2 aromatic carbocycles. The van der Waals surface area contributed by atoms with Crippen molar-refractivity contribution in [2.24, 2.45) is 5.92 Å². The van der Waals surface area contributed by atoms with Crippen molar-refractivity contribution in [1.29, 1.82) is 0 Å². The molecule has 3 nitrogen and oxygen atoms in total. The Bertz CT molecular complexity index is 541. The van der Waals surface area contributed by atoms with Gasteiger partial charge in [-0.3, -0.25) is 4.84 Å². The Morgan fingerprint density at radius 3 is 2.26 bits per heavy atom. The monoisotopic (exact) mass is 253 g/mol. The molecular weight excluding hydrogens is 238 g/mol. The molecule has 1 aliphatic rings. The first-order chi connectivity index (χ1) is 9.40. The molecule has 2 atom stereocenters. The van der Waals surface area contributed by atoms with Crippen molar-refractivity contribution in [2.75, 3.05) is 11.7 Å². The molecule has 96 valence electrons. The molecule has 0 bridgehead atoms. The fraction of sp³-hybridized carbons (Fsp3) is 0.188.